The Bertz CT molecular complexity index is 330. The largest absolute Gasteiger partial charge is 0.393 e. The van der Waals surface area contributed by atoms with Gasteiger partial charge in [-0.3, -0.25) is 4.99 Å². The first-order valence-corrected chi connectivity index (χ1v) is 5.52. The first-order valence-electron chi connectivity index (χ1n) is 5.52. The third kappa shape index (κ3) is 7.17. The number of hydrogen-bond acceptors (Lipinski definition) is 2. The van der Waals surface area contributed by atoms with Crippen LogP contribution in [0.5, 0.6) is 0 Å². The maximum Gasteiger partial charge on any atom is 0.193 e. The van der Waals surface area contributed by atoms with E-state index in [2.05, 4.69) is 10.3 Å². The monoisotopic (exact) mass is 349 g/mol. The lowest BCUT2D eigenvalue weighted by molar-refractivity contribution is 0.163. The number of rotatable bonds is 5. The highest BCUT2D eigenvalue weighted by molar-refractivity contribution is 14.0. The quantitative estimate of drug-likeness (QED) is 0.434. The molecule has 96 valence electrons. The predicted octanol–water partition coefficient (Wildman–Crippen LogP) is 2.19. The Hall–Kier alpha value is -0.820. The molecule has 0 amide bonds. The Morgan fingerprint density at radius 2 is 2.06 bits per heavy atom. The van der Waals surface area contributed by atoms with Gasteiger partial charge in [-0.25, -0.2) is 0 Å². The number of hydrogen-bond donors (Lipinski definition) is 3. The van der Waals surface area contributed by atoms with E-state index in [4.69, 9.17) is 5.73 Å². The topological polar surface area (TPSA) is 70.6 Å². The summed E-state index contributed by atoms with van der Waals surface area (Å²) in [5, 5.41) is 12.3. The number of anilines is 1. The molecule has 1 unspecified atom stereocenters. The molecule has 1 aromatic rings. The molecule has 0 heterocycles. The predicted molar refractivity (Wildman–Crippen MR) is 82.9 cm³/mol. The van der Waals surface area contributed by atoms with Crippen LogP contribution in [0.1, 0.15) is 19.8 Å². The summed E-state index contributed by atoms with van der Waals surface area (Å²) in [5.41, 5.74) is 6.61. The molecule has 17 heavy (non-hydrogen) atoms. The smallest absolute Gasteiger partial charge is 0.193 e. The normalized spacial score (nSPS) is 12.7. The van der Waals surface area contributed by atoms with Crippen LogP contribution in [0.2, 0.25) is 0 Å². The van der Waals surface area contributed by atoms with Gasteiger partial charge in [0.25, 0.3) is 0 Å². The number of benzene rings is 1. The third-order valence-corrected chi connectivity index (χ3v) is 2.26. The minimum Gasteiger partial charge on any atom is -0.393 e. The van der Waals surface area contributed by atoms with Gasteiger partial charge in [0.1, 0.15) is 0 Å². The Balaban J connectivity index is 0.00000256. The van der Waals surface area contributed by atoms with Gasteiger partial charge in [-0.2, -0.15) is 0 Å². The highest BCUT2D eigenvalue weighted by Crippen LogP contribution is 2.04. The van der Waals surface area contributed by atoms with Gasteiger partial charge in [-0.15, -0.1) is 24.0 Å². The summed E-state index contributed by atoms with van der Waals surface area (Å²) in [4.78, 5) is 4.13. The molecule has 0 radical (unpaired) electrons. The van der Waals surface area contributed by atoms with E-state index in [0.717, 1.165) is 12.1 Å². The van der Waals surface area contributed by atoms with E-state index >= 15 is 0 Å². The van der Waals surface area contributed by atoms with Gasteiger partial charge in [-0.05, 0) is 25.0 Å². The minimum absolute atomic E-state index is 0. The van der Waals surface area contributed by atoms with Gasteiger partial charge >= 0.3 is 0 Å². The van der Waals surface area contributed by atoms with Crippen LogP contribution in [0.15, 0.2) is 35.3 Å². The first-order chi connectivity index (χ1) is 7.72. The zero-order valence-corrected chi connectivity index (χ0v) is 12.3. The number of aliphatic hydroxyl groups excluding tert-OH is 1. The number of aliphatic imine (C=N–C) groups is 1. The van der Waals surface area contributed by atoms with Crippen molar-refractivity contribution in [3.8, 4) is 0 Å². The maximum absolute atomic E-state index is 9.33. The molecule has 0 aliphatic heterocycles. The van der Waals surface area contributed by atoms with Gasteiger partial charge in [0.05, 0.1) is 6.10 Å². The van der Waals surface area contributed by atoms with Crippen molar-refractivity contribution in [3.63, 3.8) is 0 Å². The van der Waals surface area contributed by atoms with E-state index in [1.54, 1.807) is 0 Å². The van der Waals surface area contributed by atoms with Crippen LogP contribution >= 0.6 is 24.0 Å². The molecule has 0 spiro atoms. The van der Waals surface area contributed by atoms with Gasteiger partial charge in [0.15, 0.2) is 5.96 Å². The number of nitrogens with zero attached hydrogens (tertiary/aromatic N) is 1. The van der Waals surface area contributed by atoms with Gasteiger partial charge in [0.2, 0.25) is 0 Å². The molecule has 4 nitrogen and oxygen atoms in total. The summed E-state index contributed by atoms with van der Waals surface area (Å²) in [6.45, 7) is 2.49. The fourth-order valence-electron chi connectivity index (χ4n) is 1.25. The first kappa shape index (κ1) is 16.2. The fraction of sp³-hybridized carbons (Fsp3) is 0.417. The summed E-state index contributed by atoms with van der Waals surface area (Å²) >= 11 is 0. The van der Waals surface area contributed by atoms with Crippen molar-refractivity contribution in [2.24, 2.45) is 10.7 Å². The molecular weight excluding hydrogens is 329 g/mol. The lowest BCUT2D eigenvalue weighted by atomic mass is 10.2. The van der Waals surface area contributed by atoms with Gasteiger partial charge in [0, 0.05) is 12.2 Å². The summed E-state index contributed by atoms with van der Waals surface area (Å²) in [7, 11) is 0. The van der Waals surface area contributed by atoms with Crippen molar-refractivity contribution in [3.05, 3.63) is 30.3 Å². The molecule has 0 aliphatic rings. The maximum atomic E-state index is 9.33. The summed E-state index contributed by atoms with van der Waals surface area (Å²) in [6, 6.07) is 9.63. The Morgan fingerprint density at radius 3 is 2.65 bits per heavy atom. The Labute approximate surface area is 119 Å². The van der Waals surface area contributed by atoms with E-state index in [0.29, 0.717) is 18.9 Å². The number of halogens is 1. The van der Waals surface area contributed by atoms with Crippen LogP contribution < -0.4 is 11.1 Å². The van der Waals surface area contributed by atoms with Crippen molar-refractivity contribution < 1.29 is 5.11 Å². The lowest BCUT2D eigenvalue weighted by Crippen LogP contribution is -2.23. The summed E-state index contributed by atoms with van der Waals surface area (Å²) < 4.78 is 0. The van der Waals surface area contributed by atoms with Crippen LogP contribution in [-0.2, 0) is 0 Å². The van der Waals surface area contributed by atoms with Gasteiger partial charge in [-0.1, -0.05) is 25.1 Å². The van der Waals surface area contributed by atoms with E-state index in [-0.39, 0.29) is 30.1 Å². The lowest BCUT2D eigenvalue weighted by Gasteiger charge is -2.07. The standard InChI is InChI=1S/C12H19N3O.HI/c1-2-11(16)8-9-14-12(13)15-10-6-4-3-5-7-10;/h3-7,11,16H,2,8-9H2,1H3,(H3,13,14,15);1H. The average molecular weight is 349 g/mol. The molecule has 0 bridgehead atoms. The molecule has 0 aromatic heterocycles. The molecular formula is C12H20IN3O. The molecule has 1 atom stereocenters. The second-order valence-electron chi connectivity index (χ2n) is 3.61. The Kier molecular flexibility index (Phi) is 8.79. The number of guanidine groups is 1. The SMILES string of the molecule is CCC(O)CCN=C(N)Nc1ccccc1.I. The summed E-state index contributed by atoms with van der Waals surface area (Å²) in [5.74, 6) is 0.384. The second kappa shape index (κ2) is 9.23. The Morgan fingerprint density at radius 1 is 1.41 bits per heavy atom. The van der Waals surface area contributed by atoms with Crippen LogP contribution in [0, 0.1) is 0 Å². The van der Waals surface area contributed by atoms with Crippen LogP contribution in [0.25, 0.3) is 0 Å². The van der Waals surface area contributed by atoms with Crippen molar-refractivity contribution in [2.45, 2.75) is 25.9 Å². The van der Waals surface area contributed by atoms with Crippen molar-refractivity contribution in [2.75, 3.05) is 11.9 Å². The van der Waals surface area contributed by atoms with Crippen molar-refractivity contribution >= 4 is 35.6 Å². The van der Waals surface area contributed by atoms with Crippen LogP contribution in [0.3, 0.4) is 0 Å². The zero-order chi connectivity index (χ0) is 11.8. The number of para-hydroxylation sites is 1. The van der Waals surface area contributed by atoms with E-state index in [9.17, 15) is 5.11 Å². The molecule has 0 saturated carbocycles. The zero-order valence-electron chi connectivity index (χ0n) is 9.97. The fourth-order valence-corrected chi connectivity index (χ4v) is 1.25. The molecule has 0 aliphatic carbocycles. The second-order valence-corrected chi connectivity index (χ2v) is 3.61. The molecule has 1 rings (SSSR count). The van der Waals surface area contributed by atoms with Crippen LogP contribution in [-0.4, -0.2) is 23.7 Å². The van der Waals surface area contributed by atoms with Crippen molar-refractivity contribution in [1.29, 1.82) is 0 Å². The molecule has 0 saturated heterocycles. The van der Waals surface area contributed by atoms with E-state index in [1.807, 2.05) is 37.3 Å². The average Bonchev–Trinajstić information content (AvgIpc) is 2.30. The van der Waals surface area contributed by atoms with Crippen LogP contribution in [0.4, 0.5) is 5.69 Å². The third-order valence-electron chi connectivity index (χ3n) is 2.26. The van der Waals surface area contributed by atoms with Gasteiger partial charge < -0.3 is 16.2 Å². The number of nitrogens with one attached hydrogen (secondary N) is 1. The highest BCUT2D eigenvalue weighted by Gasteiger charge is 1.99. The van der Waals surface area contributed by atoms with E-state index in [1.165, 1.54) is 0 Å². The van der Waals surface area contributed by atoms with E-state index < -0.39 is 0 Å². The highest BCUT2D eigenvalue weighted by atomic mass is 127. The van der Waals surface area contributed by atoms with Crippen molar-refractivity contribution in [1.82, 2.24) is 0 Å². The molecule has 1 aromatic carbocycles. The number of aliphatic hydroxyl groups is 1. The summed E-state index contributed by atoms with van der Waals surface area (Å²) in [6.07, 6.45) is 1.11. The molecule has 0 fully saturated rings. The molecule has 4 N–H and O–H groups in total. The number of nitrogens with two attached hydrogens (primary N) is 1. The molecule has 5 heteroatoms. The minimum atomic E-state index is -0.284.